The lowest BCUT2D eigenvalue weighted by atomic mass is 10.2. The van der Waals surface area contributed by atoms with E-state index in [4.69, 9.17) is 0 Å². The SMILES string of the molecule is C=CCNc1cnc(C(=O)N(CC)c2ccccc2)cn1. The molecule has 0 fully saturated rings. The average molecular weight is 282 g/mol. The summed E-state index contributed by atoms with van der Waals surface area (Å²) in [7, 11) is 0. The van der Waals surface area contributed by atoms with E-state index in [2.05, 4.69) is 21.9 Å². The van der Waals surface area contributed by atoms with Gasteiger partial charge in [-0.1, -0.05) is 24.3 Å². The monoisotopic (exact) mass is 282 g/mol. The van der Waals surface area contributed by atoms with Gasteiger partial charge in [-0.3, -0.25) is 4.79 Å². The van der Waals surface area contributed by atoms with Gasteiger partial charge in [-0.05, 0) is 19.1 Å². The third kappa shape index (κ3) is 3.66. The van der Waals surface area contributed by atoms with Crippen LogP contribution in [0.2, 0.25) is 0 Å². The van der Waals surface area contributed by atoms with Gasteiger partial charge in [0.2, 0.25) is 0 Å². The summed E-state index contributed by atoms with van der Waals surface area (Å²) in [5, 5.41) is 3.02. The van der Waals surface area contributed by atoms with Crippen molar-refractivity contribution in [2.75, 3.05) is 23.3 Å². The molecule has 1 heterocycles. The van der Waals surface area contributed by atoms with Crippen LogP contribution in [0.25, 0.3) is 0 Å². The van der Waals surface area contributed by atoms with Crippen LogP contribution in [0, 0.1) is 0 Å². The summed E-state index contributed by atoms with van der Waals surface area (Å²) in [6.07, 6.45) is 4.77. The molecule has 21 heavy (non-hydrogen) atoms. The van der Waals surface area contributed by atoms with Gasteiger partial charge in [-0.25, -0.2) is 9.97 Å². The average Bonchev–Trinajstić information content (AvgIpc) is 2.55. The zero-order chi connectivity index (χ0) is 15.1. The van der Waals surface area contributed by atoms with E-state index in [9.17, 15) is 4.79 Å². The van der Waals surface area contributed by atoms with Gasteiger partial charge in [0.15, 0.2) is 0 Å². The summed E-state index contributed by atoms with van der Waals surface area (Å²) in [5.74, 6) is 0.459. The number of hydrogen-bond donors (Lipinski definition) is 1. The zero-order valence-electron chi connectivity index (χ0n) is 12.0. The molecule has 1 aromatic heterocycles. The normalized spacial score (nSPS) is 9.95. The highest BCUT2D eigenvalue weighted by atomic mass is 16.2. The molecule has 5 nitrogen and oxygen atoms in total. The van der Waals surface area contributed by atoms with Crippen molar-refractivity contribution in [3.8, 4) is 0 Å². The summed E-state index contributed by atoms with van der Waals surface area (Å²) >= 11 is 0. The highest BCUT2D eigenvalue weighted by Crippen LogP contribution is 2.15. The van der Waals surface area contributed by atoms with Crippen molar-refractivity contribution in [3.05, 3.63) is 61.1 Å². The third-order valence-electron chi connectivity index (χ3n) is 2.93. The Balaban J connectivity index is 2.16. The summed E-state index contributed by atoms with van der Waals surface area (Å²) in [6.45, 7) is 6.72. The Kier molecular flexibility index (Phi) is 5.04. The van der Waals surface area contributed by atoms with Crippen molar-refractivity contribution in [1.29, 1.82) is 0 Å². The predicted octanol–water partition coefficient (Wildman–Crippen LogP) is 2.74. The minimum Gasteiger partial charge on any atom is -0.365 e. The maximum Gasteiger partial charge on any atom is 0.278 e. The Hall–Kier alpha value is -2.69. The number of rotatable bonds is 6. The Morgan fingerprint density at radius 2 is 2.05 bits per heavy atom. The summed E-state index contributed by atoms with van der Waals surface area (Å²) < 4.78 is 0. The Morgan fingerprint density at radius 1 is 1.29 bits per heavy atom. The molecule has 0 aliphatic rings. The zero-order valence-corrected chi connectivity index (χ0v) is 12.0. The van der Waals surface area contributed by atoms with Crippen molar-refractivity contribution in [3.63, 3.8) is 0 Å². The van der Waals surface area contributed by atoms with E-state index in [1.54, 1.807) is 17.2 Å². The molecule has 0 radical (unpaired) electrons. The second-order valence-corrected chi connectivity index (χ2v) is 4.34. The number of nitrogens with zero attached hydrogens (tertiary/aromatic N) is 3. The summed E-state index contributed by atoms with van der Waals surface area (Å²) in [6, 6.07) is 9.52. The van der Waals surface area contributed by atoms with Crippen LogP contribution in [0.1, 0.15) is 17.4 Å². The lowest BCUT2D eigenvalue weighted by Crippen LogP contribution is -2.31. The van der Waals surface area contributed by atoms with Crippen molar-refractivity contribution in [1.82, 2.24) is 9.97 Å². The standard InChI is InChI=1S/C16H18N4O/c1-3-10-17-15-12-18-14(11-19-15)16(21)20(4-2)13-8-6-5-7-9-13/h3,5-9,11-12H,1,4,10H2,2H3,(H,17,19). The van der Waals surface area contributed by atoms with Crippen molar-refractivity contribution >= 4 is 17.4 Å². The van der Waals surface area contributed by atoms with E-state index in [0.29, 0.717) is 24.6 Å². The maximum absolute atomic E-state index is 12.5. The molecule has 0 saturated carbocycles. The molecular formula is C16H18N4O. The quantitative estimate of drug-likeness (QED) is 0.828. The van der Waals surface area contributed by atoms with E-state index >= 15 is 0 Å². The predicted molar refractivity (Wildman–Crippen MR) is 84.5 cm³/mol. The number of carbonyl (C=O) groups excluding carboxylic acids is 1. The molecule has 1 N–H and O–H groups in total. The second-order valence-electron chi connectivity index (χ2n) is 4.34. The van der Waals surface area contributed by atoms with Crippen molar-refractivity contribution in [2.24, 2.45) is 0 Å². The molecule has 108 valence electrons. The van der Waals surface area contributed by atoms with E-state index in [0.717, 1.165) is 5.69 Å². The number of carbonyl (C=O) groups is 1. The number of anilines is 2. The van der Waals surface area contributed by atoms with Crippen LogP contribution in [0.3, 0.4) is 0 Å². The van der Waals surface area contributed by atoms with Crippen LogP contribution in [0.4, 0.5) is 11.5 Å². The number of aromatic nitrogens is 2. The second kappa shape index (κ2) is 7.19. The van der Waals surface area contributed by atoms with Crippen LogP contribution in [-0.2, 0) is 0 Å². The minimum atomic E-state index is -0.161. The van der Waals surface area contributed by atoms with Gasteiger partial charge < -0.3 is 10.2 Å². The first-order valence-electron chi connectivity index (χ1n) is 6.80. The van der Waals surface area contributed by atoms with Gasteiger partial charge in [0.05, 0.1) is 12.4 Å². The third-order valence-corrected chi connectivity index (χ3v) is 2.93. The number of para-hydroxylation sites is 1. The molecule has 0 atom stereocenters. The fourth-order valence-electron chi connectivity index (χ4n) is 1.90. The Labute approximate surface area is 124 Å². The molecular weight excluding hydrogens is 264 g/mol. The first-order chi connectivity index (χ1) is 10.3. The minimum absolute atomic E-state index is 0.161. The molecule has 0 saturated heterocycles. The van der Waals surface area contributed by atoms with Crippen LogP contribution in [0.5, 0.6) is 0 Å². The Bertz CT molecular complexity index is 595. The lowest BCUT2D eigenvalue weighted by Gasteiger charge is -2.20. The van der Waals surface area contributed by atoms with Gasteiger partial charge in [-0.15, -0.1) is 6.58 Å². The van der Waals surface area contributed by atoms with Crippen molar-refractivity contribution < 1.29 is 4.79 Å². The van der Waals surface area contributed by atoms with E-state index in [1.807, 2.05) is 37.3 Å². The van der Waals surface area contributed by atoms with E-state index < -0.39 is 0 Å². The van der Waals surface area contributed by atoms with Crippen LogP contribution >= 0.6 is 0 Å². The van der Waals surface area contributed by atoms with Crippen LogP contribution in [0.15, 0.2) is 55.4 Å². The number of benzene rings is 1. The maximum atomic E-state index is 12.5. The van der Waals surface area contributed by atoms with E-state index in [1.165, 1.54) is 6.20 Å². The van der Waals surface area contributed by atoms with Gasteiger partial charge in [-0.2, -0.15) is 0 Å². The molecule has 0 bridgehead atoms. The van der Waals surface area contributed by atoms with Crippen LogP contribution in [-0.4, -0.2) is 29.0 Å². The molecule has 5 heteroatoms. The highest BCUT2D eigenvalue weighted by molar-refractivity contribution is 6.04. The van der Waals surface area contributed by atoms with Gasteiger partial charge in [0, 0.05) is 18.8 Å². The van der Waals surface area contributed by atoms with Gasteiger partial charge in [0.25, 0.3) is 5.91 Å². The highest BCUT2D eigenvalue weighted by Gasteiger charge is 2.17. The Morgan fingerprint density at radius 3 is 2.62 bits per heavy atom. The van der Waals surface area contributed by atoms with Gasteiger partial charge >= 0.3 is 0 Å². The smallest absolute Gasteiger partial charge is 0.278 e. The van der Waals surface area contributed by atoms with E-state index in [-0.39, 0.29) is 5.91 Å². The molecule has 1 aromatic carbocycles. The first kappa shape index (κ1) is 14.7. The number of hydrogen-bond acceptors (Lipinski definition) is 4. The summed E-state index contributed by atoms with van der Waals surface area (Å²) in [5.41, 5.74) is 1.17. The fourth-order valence-corrected chi connectivity index (χ4v) is 1.90. The molecule has 0 unspecified atom stereocenters. The molecule has 0 aliphatic heterocycles. The topological polar surface area (TPSA) is 58.1 Å². The van der Waals surface area contributed by atoms with Crippen molar-refractivity contribution in [2.45, 2.75) is 6.92 Å². The first-order valence-corrected chi connectivity index (χ1v) is 6.80. The molecule has 1 amide bonds. The number of nitrogens with one attached hydrogen (secondary N) is 1. The largest absolute Gasteiger partial charge is 0.365 e. The lowest BCUT2D eigenvalue weighted by molar-refractivity contribution is 0.0983. The van der Waals surface area contributed by atoms with Gasteiger partial charge in [0.1, 0.15) is 11.5 Å². The summed E-state index contributed by atoms with van der Waals surface area (Å²) in [4.78, 5) is 22.5. The molecule has 0 aliphatic carbocycles. The molecule has 2 aromatic rings. The molecule has 0 spiro atoms. The molecule has 2 rings (SSSR count). The number of amides is 1. The fraction of sp³-hybridized carbons (Fsp3) is 0.188. The van der Waals surface area contributed by atoms with Crippen LogP contribution < -0.4 is 10.2 Å².